The topological polar surface area (TPSA) is 237 Å². The summed E-state index contributed by atoms with van der Waals surface area (Å²) in [5.74, 6) is -2.19. The number of allylic oxidation sites excluding steroid dienone is 8. The summed E-state index contributed by atoms with van der Waals surface area (Å²) in [6.07, 6.45) is 57.1. The molecule has 0 fully saturated rings. The fourth-order valence-electron chi connectivity index (χ4n) is 9.61. The monoisotopic (exact) mass is 1300 g/mol. The van der Waals surface area contributed by atoms with Crippen LogP contribution in [-0.4, -0.2) is 96.7 Å². The minimum Gasteiger partial charge on any atom is -0.462 e. The zero-order valence-corrected chi connectivity index (χ0v) is 58.2. The van der Waals surface area contributed by atoms with E-state index >= 15 is 0 Å². The van der Waals surface area contributed by atoms with Crippen molar-refractivity contribution in [3.05, 3.63) is 48.6 Å². The highest BCUT2D eigenvalue weighted by Gasteiger charge is 2.30. The molecule has 0 rings (SSSR count). The number of unbranched alkanes of at least 4 members (excludes halogenated alkanes) is 35. The van der Waals surface area contributed by atoms with Crippen LogP contribution in [0.2, 0.25) is 0 Å². The Balaban J connectivity index is 5.30. The third kappa shape index (κ3) is 63.6. The van der Waals surface area contributed by atoms with Gasteiger partial charge in [0.1, 0.15) is 19.3 Å². The lowest BCUT2D eigenvalue weighted by atomic mass is 10.1. The SMILES string of the molecule is CCCCCC/C=C\C=C/CCCCCCCC(=O)OC[C@H](COP(=O)(O)OC[C@@H](O)COP(=O)(O)OC[C@@H](COC(=O)CCCCCCCCCC)OC(=O)CCCCCCCCCCCCC)OC(=O)CCCCCCC/C=C\C=C/CCCCCC. The number of hydrogen-bond donors (Lipinski definition) is 3. The second-order valence-electron chi connectivity index (χ2n) is 23.9. The van der Waals surface area contributed by atoms with E-state index in [1.807, 2.05) is 0 Å². The quantitative estimate of drug-likeness (QED) is 0.0169. The Morgan fingerprint density at radius 3 is 0.820 bits per heavy atom. The van der Waals surface area contributed by atoms with Crippen LogP contribution < -0.4 is 0 Å². The Bertz CT molecular complexity index is 1890. The van der Waals surface area contributed by atoms with E-state index in [2.05, 4.69) is 76.3 Å². The van der Waals surface area contributed by atoms with Crippen molar-refractivity contribution in [3.63, 3.8) is 0 Å². The first kappa shape index (κ1) is 86.0. The Morgan fingerprint density at radius 2 is 0.539 bits per heavy atom. The molecule has 0 radical (unpaired) electrons. The maximum atomic E-state index is 13.0. The van der Waals surface area contributed by atoms with Crippen LogP contribution >= 0.6 is 15.6 Å². The third-order valence-electron chi connectivity index (χ3n) is 15.1. The number of aliphatic hydroxyl groups excluding tert-OH is 1. The van der Waals surface area contributed by atoms with Crippen LogP contribution in [0.1, 0.15) is 317 Å². The smallest absolute Gasteiger partial charge is 0.462 e. The lowest BCUT2D eigenvalue weighted by Crippen LogP contribution is -2.30. The molecule has 0 aliphatic rings. The normalized spacial score (nSPS) is 14.4. The largest absolute Gasteiger partial charge is 0.472 e. The summed E-state index contributed by atoms with van der Waals surface area (Å²) in [5.41, 5.74) is 0. The van der Waals surface area contributed by atoms with E-state index in [0.717, 1.165) is 128 Å². The standard InChI is InChI=1S/C70H128O17P2/c1-5-9-13-17-21-25-28-30-32-34-37-39-43-47-51-55-68(73)81-61-66(87-70(75)57-53-49-45-41-38-35-33-31-29-26-22-18-14-10-6-2)63-85-89(78,79)83-59-64(71)58-82-88(76,77)84-62-65(60-80-67(72)54-50-46-42-24-20-16-12-8-4)86-69(74)56-52-48-44-40-36-27-23-19-15-11-7-3/h25-26,28-33,64-66,71H,5-24,27,34-63H2,1-4H3,(H,76,77)(H,78,79)/b28-25-,29-26-,32-30-,33-31-/t64-,65+,66+/m0/s1. The van der Waals surface area contributed by atoms with Crippen LogP contribution in [0.15, 0.2) is 48.6 Å². The summed E-state index contributed by atoms with van der Waals surface area (Å²) < 4.78 is 68.1. The van der Waals surface area contributed by atoms with E-state index in [1.165, 1.54) is 109 Å². The van der Waals surface area contributed by atoms with E-state index in [4.69, 9.17) is 37.0 Å². The molecule has 0 bridgehead atoms. The molecule has 0 amide bonds. The number of ether oxygens (including phenoxy) is 4. The second kappa shape index (κ2) is 63.8. The minimum atomic E-state index is -4.97. The molecule has 0 aliphatic heterocycles. The van der Waals surface area contributed by atoms with Gasteiger partial charge in [-0.1, -0.05) is 263 Å². The van der Waals surface area contributed by atoms with Crippen LogP contribution in [0.5, 0.6) is 0 Å². The number of carbonyl (C=O) groups is 4. The van der Waals surface area contributed by atoms with Crippen LogP contribution in [0, 0.1) is 0 Å². The molecule has 0 spiro atoms. The molecule has 0 aromatic heterocycles. The van der Waals surface area contributed by atoms with Crippen LogP contribution in [0.3, 0.4) is 0 Å². The first-order valence-electron chi connectivity index (χ1n) is 35.4. The van der Waals surface area contributed by atoms with E-state index in [1.54, 1.807) is 0 Å². The number of phosphoric acid groups is 2. The van der Waals surface area contributed by atoms with Crippen molar-refractivity contribution in [1.29, 1.82) is 0 Å². The predicted octanol–water partition coefficient (Wildman–Crippen LogP) is 19.4. The highest BCUT2D eigenvalue weighted by Crippen LogP contribution is 2.45. The van der Waals surface area contributed by atoms with Gasteiger partial charge in [0, 0.05) is 25.7 Å². The molecule has 17 nitrogen and oxygen atoms in total. The van der Waals surface area contributed by atoms with Crippen molar-refractivity contribution in [3.8, 4) is 0 Å². The minimum absolute atomic E-state index is 0.0784. The Morgan fingerprint density at radius 1 is 0.315 bits per heavy atom. The molecule has 19 heteroatoms. The molecule has 3 N–H and O–H groups in total. The molecule has 0 aromatic rings. The van der Waals surface area contributed by atoms with Gasteiger partial charge in [0.25, 0.3) is 0 Å². The van der Waals surface area contributed by atoms with Crippen molar-refractivity contribution in [1.82, 2.24) is 0 Å². The number of phosphoric ester groups is 2. The summed E-state index contributed by atoms with van der Waals surface area (Å²) in [5, 5.41) is 10.6. The van der Waals surface area contributed by atoms with Crippen LogP contribution in [0.4, 0.5) is 0 Å². The summed E-state index contributed by atoms with van der Waals surface area (Å²) >= 11 is 0. The fraction of sp³-hybridized carbons (Fsp3) is 0.829. The van der Waals surface area contributed by atoms with Gasteiger partial charge in [-0.2, -0.15) is 0 Å². The lowest BCUT2D eigenvalue weighted by molar-refractivity contribution is -0.161. The van der Waals surface area contributed by atoms with Crippen molar-refractivity contribution >= 4 is 39.5 Å². The van der Waals surface area contributed by atoms with Crippen molar-refractivity contribution in [2.24, 2.45) is 0 Å². The molecule has 89 heavy (non-hydrogen) atoms. The molecule has 0 aliphatic carbocycles. The second-order valence-corrected chi connectivity index (χ2v) is 26.8. The van der Waals surface area contributed by atoms with Gasteiger partial charge in [0.05, 0.1) is 26.4 Å². The number of hydrogen-bond acceptors (Lipinski definition) is 15. The van der Waals surface area contributed by atoms with Gasteiger partial charge >= 0.3 is 39.5 Å². The Labute approximate surface area is 540 Å². The molecule has 0 aromatic carbocycles. The molecule has 0 saturated carbocycles. The number of carbonyl (C=O) groups excluding carboxylic acids is 4. The highest BCUT2D eigenvalue weighted by molar-refractivity contribution is 7.47. The van der Waals surface area contributed by atoms with Crippen molar-refractivity contribution < 1.29 is 80.2 Å². The summed E-state index contributed by atoms with van der Waals surface area (Å²) in [6.45, 7) is 4.78. The van der Waals surface area contributed by atoms with E-state index in [-0.39, 0.29) is 25.7 Å². The van der Waals surface area contributed by atoms with Gasteiger partial charge in [-0.15, -0.1) is 0 Å². The lowest BCUT2D eigenvalue weighted by Gasteiger charge is -2.21. The maximum absolute atomic E-state index is 13.0. The maximum Gasteiger partial charge on any atom is 0.472 e. The molecule has 0 heterocycles. The van der Waals surface area contributed by atoms with Gasteiger partial charge in [-0.05, 0) is 77.0 Å². The van der Waals surface area contributed by atoms with Gasteiger partial charge in [-0.25, -0.2) is 9.13 Å². The summed E-state index contributed by atoms with van der Waals surface area (Å²) in [4.78, 5) is 72.4. The average Bonchev–Trinajstić information content (AvgIpc) is 3.55. The summed E-state index contributed by atoms with van der Waals surface area (Å²) in [7, 11) is -9.92. The zero-order valence-electron chi connectivity index (χ0n) is 56.4. The molecule has 0 saturated heterocycles. The molecule has 520 valence electrons. The number of aliphatic hydroxyl groups is 1. The van der Waals surface area contributed by atoms with Gasteiger partial charge in [0.2, 0.25) is 0 Å². The van der Waals surface area contributed by atoms with Gasteiger partial charge < -0.3 is 33.8 Å². The number of rotatable bonds is 67. The zero-order chi connectivity index (χ0) is 65.4. The van der Waals surface area contributed by atoms with Crippen molar-refractivity contribution in [2.75, 3.05) is 39.6 Å². The predicted molar refractivity (Wildman–Crippen MR) is 358 cm³/mol. The van der Waals surface area contributed by atoms with Gasteiger partial charge in [-0.3, -0.25) is 37.3 Å². The van der Waals surface area contributed by atoms with E-state index in [9.17, 15) is 43.2 Å². The van der Waals surface area contributed by atoms with Crippen LogP contribution in [0.25, 0.3) is 0 Å². The first-order chi connectivity index (χ1) is 43.2. The van der Waals surface area contributed by atoms with Gasteiger partial charge in [0.15, 0.2) is 12.2 Å². The Hall–Kier alpha value is -2.98. The van der Waals surface area contributed by atoms with Crippen LogP contribution in [-0.2, 0) is 65.4 Å². The molecular formula is C70H128O17P2. The number of esters is 4. The molecular weight excluding hydrogens is 1170 g/mol. The van der Waals surface area contributed by atoms with E-state index in [0.29, 0.717) is 25.7 Å². The highest BCUT2D eigenvalue weighted by atomic mass is 31.2. The van der Waals surface area contributed by atoms with Crippen molar-refractivity contribution in [2.45, 2.75) is 335 Å². The molecule has 2 unspecified atom stereocenters. The summed E-state index contributed by atoms with van der Waals surface area (Å²) in [6, 6.07) is 0. The fourth-order valence-corrected chi connectivity index (χ4v) is 11.2. The van der Waals surface area contributed by atoms with E-state index < -0.39 is 97.5 Å². The molecule has 5 atom stereocenters. The average molecular weight is 1300 g/mol. The Kier molecular flexibility index (Phi) is 61.6. The third-order valence-corrected chi connectivity index (χ3v) is 17.0. The first-order valence-corrected chi connectivity index (χ1v) is 38.4.